The van der Waals surface area contributed by atoms with Gasteiger partial charge in [-0.15, -0.1) is 11.3 Å². The fraction of sp³-hybridized carbons (Fsp3) is 0.435. The summed E-state index contributed by atoms with van der Waals surface area (Å²) in [5.74, 6) is 1.45. The SMILES string of the molecule is CCCc1noc(CCC(=O)N2CCN(Cc3ccc(-c4cccc(Cl)c4)s3)CC2)n1. The van der Waals surface area contributed by atoms with Gasteiger partial charge in [0.05, 0.1) is 0 Å². The molecule has 1 amide bonds. The van der Waals surface area contributed by atoms with E-state index in [0.29, 0.717) is 18.7 Å². The molecule has 1 aromatic carbocycles. The van der Waals surface area contributed by atoms with E-state index in [9.17, 15) is 4.79 Å². The van der Waals surface area contributed by atoms with Gasteiger partial charge in [-0.3, -0.25) is 9.69 Å². The second-order valence-corrected chi connectivity index (χ2v) is 9.39. The van der Waals surface area contributed by atoms with Crippen LogP contribution in [-0.4, -0.2) is 52.0 Å². The first-order chi connectivity index (χ1) is 15.1. The number of aryl methyl sites for hydroxylation is 2. The second-order valence-electron chi connectivity index (χ2n) is 7.79. The number of thiophene rings is 1. The van der Waals surface area contributed by atoms with Crippen molar-refractivity contribution in [2.24, 2.45) is 0 Å². The van der Waals surface area contributed by atoms with Crippen LogP contribution in [-0.2, 0) is 24.2 Å². The fourth-order valence-corrected chi connectivity index (χ4v) is 4.96. The van der Waals surface area contributed by atoms with Crippen molar-refractivity contribution in [1.82, 2.24) is 19.9 Å². The molecule has 0 atom stereocenters. The Morgan fingerprint density at radius 1 is 1.16 bits per heavy atom. The van der Waals surface area contributed by atoms with E-state index in [1.807, 2.05) is 23.1 Å². The molecule has 0 bridgehead atoms. The summed E-state index contributed by atoms with van der Waals surface area (Å²) < 4.78 is 5.23. The minimum Gasteiger partial charge on any atom is -0.340 e. The van der Waals surface area contributed by atoms with Gasteiger partial charge >= 0.3 is 0 Å². The van der Waals surface area contributed by atoms with E-state index < -0.39 is 0 Å². The van der Waals surface area contributed by atoms with Crippen molar-refractivity contribution in [2.75, 3.05) is 26.2 Å². The summed E-state index contributed by atoms with van der Waals surface area (Å²) in [6.07, 6.45) is 2.72. The molecule has 0 aliphatic carbocycles. The van der Waals surface area contributed by atoms with Crippen LogP contribution in [0.2, 0.25) is 5.02 Å². The molecular formula is C23H27ClN4O2S. The standard InChI is InChI=1S/C23H27ClN4O2S/c1-2-4-21-25-22(30-26-21)9-10-23(29)28-13-11-27(12-14-28)16-19-7-8-20(31-19)17-5-3-6-18(24)15-17/h3,5-8,15H,2,4,9-14,16H2,1H3. The largest absolute Gasteiger partial charge is 0.340 e. The lowest BCUT2D eigenvalue weighted by Crippen LogP contribution is -2.48. The minimum atomic E-state index is 0.161. The van der Waals surface area contributed by atoms with Crippen molar-refractivity contribution in [1.29, 1.82) is 0 Å². The summed E-state index contributed by atoms with van der Waals surface area (Å²) in [5.41, 5.74) is 1.15. The molecule has 3 aromatic rings. The molecule has 0 N–H and O–H groups in total. The first kappa shape index (κ1) is 22.0. The number of rotatable bonds is 8. The molecule has 2 aromatic heterocycles. The van der Waals surface area contributed by atoms with E-state index in [-0.39, 0.29) is 5.91 Å². The van der Waals surface area contributed by atoms with Crippen LogP contribution in [0.3, 0.4) is 0 Å². The van der Waals surface area contributed by atoms with Gasteiger partial charge in [0.1, 0.15) is 0 Å². The molecule has 6 nitrogen and oxygen atoms in total. The Balaban J connectivity index is 1.23. The lowest BCUT2D eigenvalue weighted by atomic mass is 10.2. The highest BCUT2D eigenvalue weighted by Gasteiger charge is 2.22. The van der Waals surface area contributed by atoms with Crippen LogP contribution in [0.5, 0.6) is 0 Å². The normalized spacial score (nSPS) is 14.8. The van der Waals surface area contributed by atoms with E-state index in [2.05, 4.69) is 40.2 Å². The molecule has 0 spiro atoms. The van der Waals surface area contributed by atoms with Gasteiger partial charge in [0.15, 0.2) is 5.82 Å². The maximum absolute atomic E-state index is 12.6. The zero-order valence-electron chi connectivity index (χ0n) is 17.7. The number of carbonyl (C=O) groups excluding carboxylic acids is 1. The maximum atomic E-state index is 12.6. The van der Waals surface area contributed by atoms with E-state index in [1.165, 1.54) is 9.75 Å². The van der Waals surface area contributed by atoms with Crippen LogP contribution in [0.25, 0.3) is 10.4 Å². The van der Waals surface area contributed by atoms with Crippen molar-refractivity contribution in [3.8, 4) is 10.4 Å². The third-order valence-electron chi connectivity index (χ3n) is 5.41. The van der Waals surface area contributed by atoms with Crippen LogP contribution < -0.4 is 0 Å². The molecule has 8 heteroatoms. The molecule has 0 saturated carbocycles. The molecule has 3 heterocycles. The number of nitrogens with zero attached hydrogens (tertiary/aromatic N) is 4. The van der Waals surface area contributed by atoms with Gasteiger partial charge in [0.25, 0.3) is 0 Å². The summed E-state index contributed by atoms with van der Waals surface area (Å²) in [5, 5.41) is 4.71. The lowest BCUT2D eigenvalue weighted by molar-refractivity contribution is -0.133. The van der Waals surface area contributed by atoms with E-state index in [0.717, 1.165) is 62.0 Å². The minimum absolute atomic E-state index is 0.161. The van der Waals surface area contributed by atoms with Gasteiger partial charge in [-0.25, -0.2) is 0 Å². The predicted octanol–water partition coefficient (Wildman–Crippen LogP) is 4.68. The molecular weight excluding hydrogens is 432 g/mol. The summed E-state index contributed by atoms with van der Waals surface area (Å²) >= 11 is 7.92. The molecule has 1 aliphatic heterocycles. The smallest absolute Gasteiger partial charge is 0.227 e. The number of halogens is 1. The number of benzene rings is 1. The van der Waals surface area contributed by atoms with Crippen molar-refractivity contribution in [2.45, 2.75) is 39.2 Å². The average Bonchev–Trinajstić information content (AvgIpc) is 3.42. The summed E-state index contributed by atoms with van der Waals surface area (Å²) in [6, 6.07) is 12.3. The Hall–Kier alpha value is -2.22. The van der Waals surface area contributed by atoms with Gasteiger partial charge in [-0.1, -0.05) is 35.8 Å². The van der Waals surface area contributed by atoms with Gasteiger partial charge in [0, 0.05) is 66.8 Å². The van der Waals surface area contributed by atoms with Crippen molar-refractivity contribution in [3.05, 3.63) is 58.0 Å². The number of carbonyl (C=O) groups is 1. The third kappa shape index (κ3) is 5.93. The highest BCUT2D eigenvalue weighted by Crippen LogP contribution is 2.30. The van der Waals surface area contributed by atoms with E-state index in [1.54, 1.807) is 11.3 Å². The molecule has 1 fully saturated rings. The number of hydrogen-bond acceptors (Lipinski definition) is 6. The third-order valence-corrected chi connectivity index (χ3v) is 6.77. The highest BCUT2D eigenvalue weighted by molar-refractivity contribution is 7.15. The maximum Gasteiger partial charge on any atom is 0.227 e. The Bertz CT molecular complexity index is 1010. The van der Waals surface area contributed by atoms with Gasteiger partial charge in [-0.05, 0) is 36.2 Å². The Morgan fingerprint density at radius 2 is 2.00 bits per heavy atom. The van der Waals surface area contributed by atoms with Crippen molar-refractivity contribution < 1.29 is 9.32 Å². The number of amides is 1. The van der Waals surface area contributed by atoms with Crippen LogP contribution >= 0.6 is 22.9 Å². The van der Waals surface area contributed by atoms with Crippen molar-refractivity contribution in [3.63, 3.8) is 0 Å². The summed E-state index contributed by atoms with van der Waals surface area (Å²) in [7, 11) is 0. The molecule has 31 heavy (non-hydrogen) atoms. The lowest BCUT2D eigenvalue weighted by Gasteiger charge is -2.34. The molecule has 4 rings (SSSR count). The quantitative estimate of drug-likeness (QED) is 0.490. The first-order valence-corrected chi connectivity index (χ1v) is 12.0. The predicted molar refractivity (Wildman–Crippen MR) is 123 cm³/mol. The van der Waals surface area contributed by atoms with Crippen molar-refractivity contribution >= 4 is 28.8 Å². The van der Waals surface area contributed by atoms with Gasteiger partial charge in [-0.2, -0.15) is 4.98 Å². The molecule has 0 radical (unpaired) electrons. The molecule has 164 valence electrons. The molecule has 1 saturated heterocycles. The fourth-order valence-electron chi connectivity index (χ4n) is 3.72. The van der Waals surface area contributed by atoms with Crippen LogP contribution in [0.1, 0.15) is 36.4 Å². The monoisotopic (exact) mass is 458 g/mol. The molecule has 0 unspecified atom stereocenters. The topological polar surface area (TPSA) is 62.5 Å². The summed E-state index contributed by atoms with van der Waals surface area (Å²) in [4.78, 5) is 23.8. The zero-order chi connectivity index (χ0) is 21.6. The molecule has 1 aliphatic rings. The highest BCUT2D eigenvalue weighted by atomic mass is 35.5. The average molecular weight is 459 g/mol. The zero-order valence-corrected chi connectivity index (χ0v) is 19.3. The Kier molecular flexibility index (Phi) is 7.37. The van der Waals surface area contributed by atoms with Crippen LogP contribution in [0, 0.1) is 0 Å². The van der Waals surface area contributed by atoms with Crippen LogP contribution in [0.4, 0.5) is 0 Å². The van der Waals surface area contributed by atoms with Gasteiger partial charge < -0.3 is 9.42 Å². The van der Waals surface area contributed by atoms with Gasteiger partial charge in [0.2, 0.25) is 11.8 Å². The van der Waals surface area contributed by atoms with E-state index >= 15 is 0 Å². The first-order valence-electron chi connectivity index (χ1n) is 10.8. The number of aromatic nitrogens is 2. The summed E-state index contributed by atoms with van der Waals surface area (Å²) in [6.45, 7) is 6.28. The Labute approximate surface area is 191 Å². The second kappa shape index (κ2) is 10.4. The van der Waals surface area contributed by atoms with E-state index in [4.69, 9.17) is 16.1 Å². The Morgan fingerprint density at radius 3 is 2.77 bits per heavy atom. The number of piperazine rings is 1. The van der Waals surface area contributed by atoms with Crippen LogP contribution in [0.15, 0.2) is 40.9 Å². The number of hydrogen-bond donors (Lipinski definition) is 0.